The number of nitrogens with zero attached hydrogens (tertiary/aromatic N) is 1. The fourth-order valence-electron chi connectivity index (χ4n) is 3.02. The van der Waals surface area contributed by atoms with E-state index in [1.165, 1.54) is 0 Å². The van der Waals surface area contributed by atoms with Gasteiger partial charge in [-0.3, -0.25) is 9.59 Å². The van der Waals surface area contributed by atoms with Crippen LogP contribution in [0.3, 0.4) is 0 Å². The van der Waals surface area contributed by atoms with Crippen molar-refractivity contribution in [3.63, 3.8) is 0 Å². The lowest BCUT2D eigenvalue weighted by Gasteiger charge is -2.34. The van der Waals surface area contributed by atoms with Gasteiger partial charge in [0.05, 0.1) is 5.54 Å². The molecule has 2 rings (SSSR count). The first-order valence-electron chi connectivity index (χ1n) is 6.46. The molecule has 0 saturated carbocycles. The van der Waals surface area contributed by atoms with Crippen molar-refractivity contribution < 1.29 is 9.59 Å². The molecule has 0 aliphatic carbocycles. The highest BCUT2D eigenvalue weighted by atomic mass is 16.2. The number of likely N-dealkylation sites (tertiary alicyclic amines) is 1. The van der Waals surface area contributed by atoms with E-state index in [-0.39, 0.29) is 11.8 Å². The number of carbonyl (C=O) groups is 2. The Morgan fingerprint density at radius 2 is 2.24 bits per heavy atom. The van der Waals surface area contributed by atoms with Crippen LogP contribution in [0.4, 0.5) is 0 Å². The van der Waals surface area contributed by atoms with E-state index < -0.39 is 11.6 Å². The Morgan fingerprint density at radius 3 is 2.76 bits per heavy atom. The fourth-order valence-corrected chi connectivity index (χ4v) is 3.02. The zero-order chi connectivity index (χ0) is 12.5. The maximum Gasteiger partial charge on any atom is 0.243 e. The molecular weight excluding hydrogens is 218 g/mol. The summed E-state index contributed by atoms with van der Waals surface area (Å²) in [6, 6.07) is -0.395. The molecule has 0 bridgehead atoms. The Morgan fingerprint density at radius 1 is 1.47 bits per heavy atom. The molecular formula is C12H21N3O2. The molecule has 5 heteroatoms. The van der Waals surface area contributed by atoms with Gasteiger partial charge in [0, 0.05) is 6.54 Å². The Labute approximate surface area is 102 Å². The quantitative estimate of drug-likeness (QED) is 0.727. The van der Waals surface area contributed by atoms with Gasteiger partial charge in [0.15, 0.2) is 0 Å². The summed E-state index contributed by atoms with van der Waals surface area (Å²) in [4.78, 5) is 25.6. The van der Waals surface area contributed by atoms with Crippen molar-refractivity contribution in [2.24, 2.45) is 5.73 Å². The molecule has 96 valence electrons. The van der Waals surface area contributed by atoms with Crippen LogP contribution in [0.15, 0.2) is 0 Å². The number of hydrogen-bond acceptors (Lipinski definition) is 3. The third-order valence-corrected chi connectivity index (χ3v) is 4.10. The van der Waals surface area contributed by atoms with E-state index >= 15 is 0 Å². The van der Waals surface area contributed by atoms with Crippen molar-refractivity contribution in [2.75, 3.05) is 13.1 Å². The molecule has 0 spiro atoms. The Hall–Kier alpha value is -1.10. The van der Waals surface area contributed by atoms with Gasteiger partial charge in [-0.15, -0.1) is 0 Å². The van der Waals surface area contributed by atoms with E-state index in [0.29, 0.717) is 13.0 Å². The third kappa shape index (κ3) is 2.04. The van der Waals surface area contributed by atoms with Crippen LogP contribution in [0.1, 0.15) is 39.0 Å². The van der Waals surface area contributed by atoms with Crippen LogP contribution in [0.2, 0.25) is 0 Å². The van der Waals surface area contributed by atoms with Gasteiger partial charge in [0.1, 0.15) is 6.04 Å². The van der Waals surface area contributed by atoms with E-state index in [0.717, 1.165) is 32.2 Å². The zero-order valence-corrected chi connectivity index (χ0v) is 10.4. The predicted octanol–water partition coefficient (Wildman–Crippen LogP) is -0.00510. The predicted molar refractivity (Wildman–Crippen MR) is 64.2 cm³/mol. The number of carbonyl (C=O) groups excluding carboxylic acids is 2. The van der Waals surface area contributed by atoms with Gasteiger partial charge < -0.3 is 16.0 Å². The molecule has 2 unspecified atom stereocenters. The molecule has 0 aromatic rings. The van der Waals surface area contributed by atoms with Gasteiger partial charge >= 0.3 is 0 Å². The van der Waals surface area contributed by atoms with Gasteiger partial charge in [0.25, 0.3) is 0 Å². The lowest BCUT2D eigenvalue weighted by atomic mass is 9.92. The minimum absolute atomic E-state index is 0.0683. The van der Waals surface area contributed by atoms with E-state index in [4.69, 9.17) is 5.73 Å². The van der Waals surface area contributed by atoms with Gasteiger partial charge in [-0.05, 0) is 38.6 Å². The van der Waals surface area contributed by atoms with Gasteiger partial charge in [0.2, 0.25) is 11.8 Å². The average Bonchev–Trinajstić information content (AvgIpc) is 2.98. The van der Waals surface area contributed by atoms with Gasteiger partial charge in [-0.1, -0.05) is 6.92 Å². The smallest absolute Gasteiger partial charge is 0.243 e. The first kappa shape index (κ1) is 12.4. The molecule has 0 aromatic heterocycles. The standard InChI is InChI=1S/C12H21N3O2/c1-2-12(6-4-7-14-12)11(17)15-8-3-5-9(15)10(13)16/h9,14H,2-8H2,1H3,(H2,13,16). The van der Waals surface area contributed by atoms with Crippen LogP contribution in [-0.2, 0) is 9.59 Å². The summed E-state index contributed by atoms with van der Waals surface area (Å²) in [7, 11) is 0. The first-order valence-corrected chi connectivity index (χ1v) is 6.46. The van der Waals surface area contributed by atoms with Crippen molar-refractivity contribution in [2.45, 2.75) is 50.6 Å². The summed E-state index contributed by atoms with van der Waals surface area (Å²) in [5, 5.41) is 3.31. The minimum atomic E-state index is -0.446. The van der Waals surface area contributed by atoms with Crippen molar-refractivity contribution in [3.8, 4) is 0 Å². The van der Waals surface area contributed by atoms with Gasteiger partial charge in [-0.25, -0.2) is 0 Å². The monoisotopic (exact) mass is 239 g/mol. The highest BCUT2D eigenvalue weighted by molar-refractivity contribution is 5.92. The second-order valence-corrected chi connectivity index (χ2v) is 5.02. The molecule has 2 amide bonds. The third-order valence-electron chi connectivity index (χ3n) is 4.10. The zero-order valence-electron chi connectivity index (χ0n) is 10.4. The summed E-state index contributed by atoms with van der Waals surface area (Å²) in [6.07, 6.45) is 4.24. The van der Waals surface area contributed by atoms with Crippen molar-refractivity contribution in [1.29, 1.82) is 0 Å². The highest BCUT2D eigenvalue weighted by Crippen LogP contribution is 2.29. The van der Waals surface area contributed by atoms with E-state index in [2.05, 4.69) is 5.32 Å². The fraction of sp³-hybridized carbons (Fsp3) is 0.833. The highest BCUT2D eigenvalue weighted by Gasteiger charge is 2.45. The molecule has 17 heavy (non-hydrogen) atoms. The average molecular weight is 239 g/mol. The van der Waals surface area contributed by atoms with Crippen molar-refractivity contribution in [3.05, 3.63) is 0 Å². The summed E-state index contributed by atoms with van der Waals surface area (Å²) >= 11 is 0. The largest absolute Gasteiger partial charge is 0.368 e. The molecule has 2 aliphatic rings. The summed E-state index contributed by atoms with van der Waals surface area (Å²) in [6.45, 7) is 3.57. The Kier molecular flexibility index (Phi) is 3.38. The second kappa shape index (κ2) is 4.64. The molecule has 2 heterocycles. The Balaban J connectivity index is 2.15. The number of primary amides is 1. The molecule has 0 radical (unpaired) electrons. The molecule has 2 aliphatic heterocycles. The summed E-state index contributed by atoms with van der Waals surface area (Å²) in [5.74, 6) is -0.307. The van der Waals surface area contributed by atoms with Crippen LogP contribution in [-0.4, -0.2) is 41.4 Å². The van der Waals surface area contributed by atoms with E-state index in [1.807, 2.05) is 6.92 Å². The molecule has 2 atom stereocenters. The van der Waals surface area contributed by atoms with Crippen molar-refractivity contribution >= 4 is 11.8 Å². The first-order chi connectivity index (χ1) is 8.10. The lowest BCUT2D eigenvalue weighted by Crippen LogP contribution is -2.57. The number of rotatable bonds is 3. The maximum atomic E-state index is 12.6. The topological polar surface area (TPSA) is 75.4 Å². The number of nitrogens with two attached hydrogens (primary N) is 1. The molecule has 0 aromatic carbocycles. The molecule has 2 fully saturated rings. The summed E-state index contributed by atoms with van der Waals surface area (Å²) in [5.41, 5.74) is 4.91. The van der Waals surface area contributed by atoms with Crippen LogP contribution in [0, 0.1) is 0 Å². The number of nitrogens with one attached hydrogen (secondary N) is 1. The number of amides is 2. The molecule has 3 N–H and O–H groups in total. The van der Waals surface area contributed by atoms with Crippen LogP contribution in [0.25, 0.3) is 0 Å². The molecule has 5 nitrogen and oxygen atoms in total. The van der Waals surface area contributed by atoms with Crippen LogP contribution in [0.5, 0.6) is 0 Å². The minimum Gasteiger partial charge on any atom is -0.368 e. The van der Waals surface area contributed by atoms with Gasteiger partial charge in [-0.2, -0.15) is 0 Å². The molecule has 2 saturated heterocycles. The normalized spacial score (nSPS) is 33.0. The second-order valence-electron chi connectivity index (χ2n) is 5.02. The SMILES string of the molecule is CCC1(C(=O)N2CCCC2C(N)=O)CCCN1. The van der Waals surface area contributed by atoms with Crippen LogP contribution < -0.4 is 11.1 Å². The van der Waals surface area contributed by atoms with E-state index in [1.54, 1.807) is 4.90 Å². The maximum absolute atomic E-state index is 12.6. The lowest BCUT2D eigenvalue weighted by molar-refractivity contribution is -0.142. The van der Waals surface area contributed by atoms with E-state index in [9.17, 15) is 9.59 Å². The Bertz CT molecular complexity index is 324. The summed E-state index contributed by atoms with van der Waals surface area (Å²) < 4.78 is 0. The number of hydrogen-bond donors (Lipinski definition) is 2. The van der Waals surface area contributed by atoms with Crippen LogP contribution >= 0.6 is 0 Å². The van der Waals surface area contributed by atoms with Crippen molar-refractivity contribution in [1.82, 2.24) is 10.2 Å².